The Labute approximate surface area is 202 Å². The highest BCUT2D eigenvalue weighted by atomic mass is 19.1. The molecule has 184 valence electrons. The van der Waals surface area contributed by atoms with Crippen molar-refractivity contribution in [2.75, 3.05) is 37.9 Å². The molecule has 1 fully saturated rings. The molecule has 0 unspecified atom stereocenters. The number of carboxylic acid groups (broad SMARTS) is 1. The van der Waals surface area contributed by atoms with Crippen LogP contribution in [0.15, 0.2) is 41.3 Å². The number of fused-ring (bicyclic) bond motifs is 2. The van der Waals surface area contributed by atoms with Crippen LogP contribution in [0.2, 0.25) is 0 Å². The molecule has 0 aliphatic carbocycles. The summed E-state index contributed by atoms with van der Waals surface area (Å²) in [6.45, 7) is 9.49. The molecule has 0 spiro atoms. The second-order valence-corrected chi connectivity index (χ2v) is 9.99. The van der Waals surface area contributed by atoms with Crippen LogP contribution in [0, 0.1) is 5.82 Å². The van der Waals surface area contributed by atoms with E-state index in [1.807, 2.05) is 43.9 Å². The number of benzene rings is 2. The van der Waals surface area contributed by atoms with Crippen molar-refractivity contribution in [2.45, 2.75) is 32.9 Å². The van der Waals surface area contributed by atoms with Crippen molar-refractivity contribution < 1.29 is 23.8 Å². The highest BCUT2D eigenvalue weighted by molar-refractivity contribution is 5.93. The third-order valence-electron chi connectivity index (χ3n) is 6.58. The molecule has 8 nitrogen and oxygen atoms in total. The first-order chi connectivity index (χ1) is 16.6. The zero-order valence-electron chi connectivity index (χ0n) is 20.0. The van der Waals surface area contributed by atoms with Gasteiger partial charge >= 0.3 is 5.97 Å². The molecule has 1 saturated heterocycles. The van der Waals surface area contributed by atoms with Crippen molar-refractivity contribution in [3.63, 3.8) is 0 Å². The lowest BCUT2D eigenvalue weighted by Crippen LogP contribution is -2.46. The van der Waals surface area contributed by atoms with Gasteiger partial charge in [0.1, 0.15) is 11.4 Å². The Morgan fingerprint density at radius 3 is 2.46 bits per heavy atom. The molecule has 35 heavy (non-hydrogen) atoms. The fourth-order valence-corrected chi connectivity index (χ4v) is 4.73. The maximum absolute atomic E-state index is 15.2. The smallest absolute Gasteiger partial charge is 0.341 e. The Balaban J connectivity index is 1.40. The predicted octanol–water partition coefficient (Wildman–Crippen LogP) is 3.64. The fourth-order valence-electron chi connectivity index (χ4n) is 4.73. The van der Waals surface area contributed by atoms with Gasteiger partial charge in [-0.3, -0.25) is 9.69 Å². The summed E-state index contributed by atoms with van der Waals surface area (Å²) in [4.78, 5) is 28.7. The van der Waals surface area contributed by atoms with E-state index in [-0.39, 0.29) is 17.7 Å². The topological polar surface area (TPSA) is 84.2 Å². The van der Waals surface area contributed by atoms with Crippen molar-refractivity contribution in [3.05, 3.63) is 63.7 Å². The number of nitrogens with zero attached hydrogens (tertiary/aromatic N) is 3. The van der Waals surface area contributed by atoms with Crippen LogP contribution < -0.4 is 19.8 Å². The van der Waals surface area contributed by atoms with Crippen LogP contribution >= 0.6 is 0 Å². The van der Waals surface area contributed by atoms with Gasteiger partial charge in [-0.15, -0.1) is 0 Å². The van der Waals surface area contributed by atoms with Crippen LogP contribution in [0.4, 0.5) is 10.1 Å². The van der Waals surface area contributed by atoms with Crippen LogP contribution in [0.1, 0.15) is 36.7 Å². The number of halogens is 1. The van der Waals surface area contributed by atoms with E-state index < -0.39 is 22.8 Å². The van der Waals surface area contributed by atoms with E-state index in [4.69, 9.17) is 9.47 Å². The molecule has 0 amide bonds. The summed E-state index contributed by atoms with van der Waals surface area (Å²) in [6.07, 6.45) is 1.36. The molecule has 0 bridgehead atoms. The van der Waals surface area contributed by atoms with Crippen LogP contribution in [0.3, 0.4) is 0 Å². The molecule has 3 heterocycles. The first-order valence-corrected chi connectivity index (χ1v) is 11.6. The first kappa shape index (κ1) is 23.2. The summed E-state index contributed by atoms with van der Waals surface area (Å²) in [6, 6.07) is 8.80. The molecule has 2 aliphatic heterocycles. The Hall–Kier alpha value is -3.59. The van der Waals surface area contributed by atoms with E-state index in [0.717, 1.165) is 36.7 Å². The molecule has 5 rings (SSSR count). The summed E-state index contributed by atoms with van der Waals surface area (Å²) < 4.78 is 27.8. The summed E-state index contributed by atoms with van der Waals surface area (Å²) >= 11 is 0. The maximum Gasteiger partial charge on any atom is 0.341 e. The van der Waals surface area contributed by atoms with Gasteiger partial charge in [0.25, 0.3) is 0 Å². The van der Waals surface area contributed by atoms with Gasteiger partial charge in [-0.2, -0.15) is 0 Å². The van der Waals surface area contributed by atoms with Gasteiger partial charge in [-0.1, -0.05) is 6.07 Å². The van der Waals surface area contributed by atoms with E-state index in [2.05, 4.69) is 4.90 Å². The van der Waals surface area contributed by atoms with Crippen molar-refractivity contribution in [2.24, 2.45) is 0 Å². The molecule has 9 heteroatoms. The molecule has 2 aromatic carbocycles. The molecule has 1 aromatic heterocycles. The van der Waals surface area contributed by atoms with Gasteiger partial charge in [0.15, 0.2) is 11.5 Å². The van der Waals surface area contributed by atoms with Crippen molar-refractivity contribution in [1.82, 2.24) is 9.47 Å². The highest BCUT2D eigenvalue weighted by Crippen LogP contribution is 2.33. The summed E-state index contributed by atoms with van der Waals surface area (Å²) in [5.74, 6) is -0.329. The minimum atomic E-state index is -1.32. The Morgan fingerprint density at radius 2 is 1.77 bits per heavy atom. The molecule has 0 saturated carbocycles. The van der Waals surface area contributed by atoms with Gasteiger partial charge in [0, 0.05) is 49.8 Å². The molecule has 3 aromatic rings. The van der Waals surface area contributed by atoms with Gasteiger partial charge in [-0.25, -0.2) is 9.18 Å². The van der Waals surface area contributed by atoms with E-state index in [1.54, 1.807) is 10.6 Å². The Kier molecular flexibility index (Phi) is 5.67. The van der Waals surface area contributed by atoms with Crippen LogP contribution in [0.5, 0.6) is 11.5 Å². The number of carbonyl (C=O) groups is 1. The second-order valence-electron chi connectivity index (χ2n) is 9.99. The largest absolute Gasteiger partial charge is 0.477 e. The summed E-state index contributed by atoms with van der Waals surface area (Å²) in [5, 5.41) is 9.56. The molecule has 0 atom stereocenters. The number of pyridine rings is 1. The maximum atomic E-state index is 15.2. The highest BCUT2D eigenvalue weighted by Gasteiger charge is 2.25. The lowest BCUT2D eigenvalue weighted by Gasteiger charge is -2.36. The van der Waals surface area contributed by atoms with Crippen molar-refractivity contribution in [3.8, 4) is 11.5 Å². The average molecular weight is 482 g/mol. The average Bonchev–Trinajstić information content (AvgIpc) is 3.27. The number of piperazine rings is 1. The first-order valence-electron chi connectivity index (χ1n) is 11.6. The number of hydrogen-bond donors (Lipinski definition) is 1. The van der Waals surface area contributed by atoms with Crippen molar-refractivity contribution >= 4 is 22.6 Å². The number of ether oxygens (including phenoxy) is 2. The molecular formula is C26H28FN3O5. The van der Waals surface area contributed by atoms with E-state index in [9.17, 15) is 14.7 Å². The lowest BCUT2D eigenvalue weighted by molar-refractivity contribution is 0.0694. The number of hydrogen-bond acceptors (Lipinski definition) is 6. The number of carboxylic acids is 1. The van der Waals surface area contributed by atoms with Crippen LogP contribution in [0.25, 0.3) is 10.9 Å². The fraction of sp³-hybridized carbons (Fsp3) is 0.385. The van der Waals surface area contributed by atoms with Gasteiger partial charge in [-0.05, 0) is 50.6 Å². The molecule has 1 N–H and O–H groups in total. The zero-order chi connectivity index (χ0) is 24.9. The van der Waals surface area contributed by atoms with Crippen molar-refractivity contribution in [1.29, 1.82) is 0 Å². The predicted molar refractivity (Wildman–Crippen MR) is 130 cm³/mol. The molecular weight excluding hydrogens is 453 g/mol. The third-order valence-corrected chi connectivity index (χ3v) is 6.58. The quantitative estimate of drug-likeness (QED) is 0.609. The van der Waals surface area contributed by atoms with E-state index in [0.29, 0.717) is 24.3 Å². The number of aromatic carboxylic acids is 1. The normalized spacial score (nSPS) is 16.2. The zero-order valence-corrected chi connectivity index (χ0v) is 20.0. The van der Waals surface area contributed by atoms with Gasteiger partial charge < -0.3 is 24.0 Å². The SMILES string of the molecule is CC(C)(C)n1cc(C(=O)O)c(=O)c2cc(F)c(N3CCN(Cc4ccc5c(c4)OCO5)CC3)cc21. The number of anilines is 1. The second kappa shape index (κ2) is 8.57. The van der Waals surface area contributed by atoms with E-state index >= 15 is 4.39 Å². The minimum Gasteiger partial charge on any atom is -0.477 e. The monoisotopic (exact) mass is 481 g/mol. The Morgan fingerprint density at radius 1 is 1.06 bits per heavy atom. The molecule has 0 radical (unpaired) electrons. The van der Waals surface area contributed by atoms with Gasteiger partial charge in [0.2, 0.25) is 12.2 Å². The van der Waals surface area contributed by atoms with Crippen LogP contribution in [-0.2, 0) is 12.1 Å². The third kappa shape index (κ3) is 4.32. The lowest BCUT2D eigenvalue weighted by atomic mass is 10.0. The van der Waals surface area contributed by atoms with Crippen LogP contribution in [-0.4, -0.2) is 53.5 Å². The summed E-state index contributed by atoms with van der Waals surface area (Å²) in [7, 11) is 0. The standard InChI is InChI=1S/C26H28FN3O5/c1-26(2,3)30-14-18(25(32)33)24(31)17-11-19(27)21(12-20(17)30)29-8-6-28(7-9-29)13-16-4-5-22-23(10-16)35-15-34-22/h4-5,10-12,14H,6-9,13,15H2,1-3H3,(H,32,33). The number of rotatable bonds is 4. The number of aromatic nitrogens is 1. The summed E-state index contributed by atoms with van der Waals surface area (Å²) in [5.41, 5.74) is 0.522. The van der Waals surface area contributed by atoms with Gasteiger partial charge in [0.05, 0.1) is 11.2 Å². The molecule has 2 aliphatic rings. The van der Waals surface area contributed by atoms with E-state index in [1.165, 1.54) is 12.3 Å². The minimum absolute atomic E-state index is 0.0718. The Bertz CT molecular complexity index is 1370.